The molecule has 0 aliphatic carbocycles. The fourth-order valence-electron chi connectivity index (χ4n) is 1.92. The monoisotopic (exact) mass is 229 g/mol. The third kappa shape index (κ3) is 2.56. The average molecular weight is 229 g/mol. The molecule has 2 aromatic carbocycles. The van der Waals surface area contributed by atoms with Gasteiger partial charge in [0.25, 0.3) is 0 Å². The molecule has 0 radical (unpaired) electrons. The number of ether oxygens (including phenoxy) is 1. The SMILES string of the molecule is COc1cc(CCC(N)=O)cc2ccccc12. The summed E-state index contributed by atoms with van der Waals surface area (Å²) in [5.74, 6) is 0.555. The van der Waals surface area contributed by atoms with Gasteiger partial charge in [-0.25, -0.2) is 0 Å². The highest BCUT2D eigenvalue weighted by atomic mass is 16.5. The van der Waals surface area contributed by atoms with Gasteiger partial charge in [0.2, 0.25) is 5.91 Å². The summed E-state index contributed by atoms with van der Waals surface area (Å²) < 4.78 is 5.36. The van der Waals surface area contributed by atoms with E-state index < -0.39 is 0 Å². The van der Waals surface area contributed by atoms with Crippen LogP contribution in [0.4, 0.5) is 0 Å². The van der Waals surface area contributed by atoms with Crippen molar-refractivity contribution in [2.45, 2.75) is 12.8 Å². The van der Waals surface area contributed by atoms with Gasteiger partial charge in [0.15, 0.2) is 0 Å². The lowest BCUT2D eigenvalue weighted by Crippen LogP contribution is -2.11. The van der Waals surface area contributed by atoms with Gasteiger partial charge in [-0.05, 0) is 23.4 Å². The molecule has 0 heterocycles. The second kappa shape index (κ2) is 4.87. The van der Waals surface area contributed by atoms with E-state index in [1.54, 1.807) is 7.11 Å². The minimum absolute atomic E-state index is 0.280. The first-order chi connectivity index (χ1) is 8.20. The summed E-state index contributed by atoms with van der Waals surface area (Å²) in [6.07, 6.45) is 1.01. The van der Waals surface area contributed by atoms with Gasteiger partial charge in [0.1, 0.15) is 5.75 Å². The zero-order valence-corrected chi connectivity index (χ0v) is 9.77. The number of carbonyl (C=O) groups is 1. The van der Waals surface area contributed by atoms with Crippen LogP contribution in [0, 0.1) is 0 Å². The zero-order chi connectivity index (χ0) is 12.3. The maximum absolute atomic E-state index is 10.8. The van der Waals surface area contributed by atoms with Gasteiger partial charge in [0, 0.05) is 11.8 Å². The summed E-state index contributed by atoms with van der Waals surface area (Å²) >= 11 is 0. The minimum atomic E-state index is -0.280. The van der Waals surface area contributed by atoms with Gasteiger partial charge in [-0.1, -0.05) is 30.3 Å². The number of hydrogen-bond donors (Lipinski definition) is 1. The van der Waals surface area contributed by atoms with Gasteiger partial charge in [-0.2, -0.15) is 0 Å². The predicted octanol–water partition coefficient (Wildman–Crippen LogP) is 2.27. The van der Waals surface area contributed by atoms with Crippen LogP contribution in [0.2, 0.25) is 0 Å². The quantitative estimate of drug-likeness (QED) is 0.874. The van der Waals surface area contributed by atoms with Crippen LogP contribution in [-0.2, 0) is 11.2 Å². The van der Waals surface area contributed by atoms with Crippen LogP contribution >= 0.6 is 0 Å². The minimum Gasteiger partial charge on any atom is -0.496 e. The third-order valence-electron chi connectivity index (χ3n) is 2.76. The number of aryl methyl sites for hydroxylation is 1. The van der Waals surface area contributed by atoms with Gasteiger partial charge in [-0.15, -0.1) is 0 Å². The van der Waals surface area contributed by atoms with E-state index >= 15 is 0 Å². The van der Waals surface area contributed by atoms with Crippen molar-refractivity contribution in [3.63, 3.8) is 0 Å². The Bertz CT molecular complexity index is 549. The third-order valence-corrected chi connectivity index (χ3v) is 2.76. The molecule has 0 saturated heterocycles. The highest BCUT2D eigenvalue weighted by Gasteiger charge is 2.05. The molecule has 17 heavy (non-hydrogen) atoms. The summed E-state index contributed by atoms with van der Waals surface area (Å²) in [4.78, 5) is 10.8. The number of fused-ring (bicyclic) bond motifs is 1. The van der Waals surface area contributed by atoms with E-state index in [1.165, 1.54) is 0 Å². The van der Waals surface area contributed by atoms with Gasteiger partial charge >= 0.3 is 0 Å². The Balaban J connectivity index is 2.41. The number of primary amides is 1. The highest BCUT2D eigenvalue weighted by Crippen LogP contribution is 2.27. The Morgan fingerprint density at radius 1 is 1.29 bits per heavy atom. The molecular weight excluding hydrogens is 214 g/mol. The van der Waals surface area contributed by atoms with Crippen molar-refractivity contribution < 1.29 is 9.53 Å². The van der Waals surface area contributed by atoms with E-state index in [2.05, 4.69) is 6.07 Å². The number of nitrogens with two attached hydrogens (primary N) is 1. The molecule has 0 aliphatic heterocycles. The van der Waals surface area contributed by atoms with Crippen LogP contribution in [0.3, 0.4) is 0 Å². The number of hydrogen-bond acceptors (Lipinski definition) is 2. The van der Waals surface area contributed by atoms with Gasteiger partial charge in [-0.3, -0.25) is 4.79 Å². The van der Waals surface area contributed by atoms with Crippen molar-refractivity contribution in [2.24, 2.45) is 5.73 Å². The summed E-state index contributed by atoms with van der Waals surface area (Å²) in [5.41, 5.74) is 6.22. The molecule has 2 aromatic rings. The first kappa shape index (κ1) is 11.5. The van der Waals surface area contributed by atoms with Crippen molar-refractivity contribution >= 4 is 16.7 Å². The number of amides is 1. The molecule has 88 valence electrons. The maximum atomic E-state index is 10.8. The second-order valence-corrected chi connectivity index (χ2v) is 3.99. The molecule has 3 nitrogen and oxygen atoms in total. The van der Waals surface area contributed by atoms with Crippen molar-refractivity contribution in [1.29, 1.82) is 0 Å². The Kier molecular flexibility index (Phi) is 3.28. The van der Waals surface area contributed by atoms with Crippen LogP contribution < -0.4 is 10.5 Å². The Hall–Kier alpha value is -2.03. The fraction of sp³-hybridized carbons (Fsp3) is 0.214. The molecular formula is C14H15NO2. The van der Waals surface area contributed by atoms with Gasteiger partial charge in [0.05, 0.1) is 7.11 Å². The van der Waals surface area contributed by atoms with Crippen molar-refractivity contribution in [2.75, 3.05) is 7.11 Å². The number of rotatable bonds is 4. The zero-order valence-electron chi connectivity index (χ0n) is 9.77. The van der Waals surface area contributed by atoms with E-state index in [1.807, 2.05) is 30.3 Å². The molecule has 2 N–H and O–H groups in total. The molecule has 1 amide bonds. The fourth-order valence-corrected chi connectivity index (χ4v) is 1.92. The predicted molar refractivity (Wildman–Crippen MR) is 68.0 cm³/mol. The van der Waals surface area contributed by atoms with Crippen molar-refractivity contribution in [3.05, 3.63) is 42.0 Å². The molecule has 0 aromatic heterocycles. The van der Waals surface area contributed by atoms with E-state index in [0.717, 1.165) is 22.1 Å². The van der Waals surface area contributed by atoms with Crippen LogP contribution in [0.15, 0.2) is 36.4 Å². The maximum Gasteiger partial charge on any atom is 0.217 e. The lowest BCUT2D eigenvalue weighted by molar-refractivity contribution is -0.117. The van der Waals surface area contributed by atoms with Crippen LogP contribution in [0.25, 0.3) is 10.8 Å². The summed E-state index contributed by atoms with van der Waals surface area (Å²) in [5, 5.41) is 2.20. The summed E-state index contributed by atoms with van der Waals surface area (Å²) in [6.45, 7) is 0. The largest absolute Gasteiger partial charge is 0.496 e. The van der Waals surface area contributed by atoms with Gasteiger partial charge < -0.3 is 10.5 Å². The van der Waals surface area contributed by atoms with Crippen molar-refractivity contribution in [1.82, 2.24) is 0 Å². The van der Waals surface area contributed by atoms with Crippen LogP contribution in [0.5, 0.6) is 5.75 Å². The number of carbonyl (C=O) groups excluding carboxylic acids is 1. The molecule has 0 spiro atoms. The Labute approximate surface area is 100 Å². The normalized spacial score (nSPS) is 10.4. The number of benzene rings is 2. The molecule has 0 fully saturated rings. The highest BCUT2D eigenvalue weighted by molar-refractivity contribution is 5.89. The molecule has 0 atom stereocenters. The summed E-state index contributed by atoms with van der Waals surface area (Å²) in [6, 6.07) is 12.1. The molecule has 3 heteroatoms. The molecule has 0 unspecified atom stereocenters. The molecule has 0 saturated carbocycles. The van der Waals surface area contributed by atoms with Crippen LogP contribution in [0.1, 0.15) is 12.0 Å². The Morgan fingerprint density at radius 3 is 2.76 bits per heavy atom. The van der Waals surface area contributed by atoms with E-state index in [-0.39, 0.29) is 5.91 Å². The Morgan fingerprint density at radius 2 is 2.06 bits per heavy atom. The number of methoxy groups -OCH3 is 1. The van der Waals surface area contributed by atoms with E-state index in [0.29, 0.717) is 12.8 Å². The molecule has 0 aliphatic rings. The van der Waals surface area contributed by atoms with E-state index in [4.69, 9.17) is 10.5 Å². The first-order valence-corrected chi connectivity index (χ1v) is 5.54. The first-order valence-electron chi connectivity index (χ1n) is 5.54. The lowest BCUT2D eigenvalue weighted by atomic mass is 10.0. The second-order valence-electron chi connectivity index (χ2n) is 3.99. The topological polar surface area (TPSA) is 52.3 Å². The average Bonchev–Trinajstić information content (AvgIpc) is 2.35. The standard InChI is InChI=1S/C14H15NO2/c1-17-13-9-10(6-7-14(15)16)8-11-4-2-3-5-12(11)13/h2-5,8-9H,6-7H2,1H3,(H2,15,16). The van der Waals surface area contributed by atoms with E-state index in [9.17, 15) is 4.79 Å². The van der Waals surface area contributed by atoms with Crippen LogP contribution in [-0.4, -0.2) is 13.0 Å². The smallest absolute Gasteiger partial charge is 0.217 e. The van der Waals surface area contributed by atoms with Crippen molar-refractivity contribution in [3.8, 4) is 5.75 Å². The summed E-state index contributed by atoms with van der Waals surface area (Å²) in [7, 11) is 1.65. The molecule has 2 rings (SSSR count). The lowest BCUT2D eigenvalue weighted by Gasteiger charge is -2.08. The molecule has 0 bridgehead atoms.